The molecule has 0 bridgehead atoms. The van der Waals surface area contributed by atoms with Gasteiger partial charge in [-0.25, -0.2) is 4.90 Å². The van der Waals surface area contributed by atoms with Crippen molar-refractivity contribution in [2.75, 3.05) is 16.8 Å². The van der Waals surface area contributed by atoms with Gasteiger partial charge in [-0.05, 0) is 57.0 Å². The molecule has 3 saturated heterocycles. The highest BCUT2D eigenvalue weighted by atomic mass is 35.5. The molecule has 158 valence electrons. The van der Waals surface area contributed by atoms with Gasteiger partial charge in [-0.2, -0.15) is 0 Å². The Labute approximate surface area is 185 Å². The molecule has 6 nitrogen and oxygen atoms in total. The quantitative estimate of drug-likeness (QED) is 0.697. The number of benzene rings is 2. The van der Waals surface area contributed by atoms with Crippen LogP contribution in [0.15, 0.2) is 36.4 Å². The predicted octanol–water partition coefficient (Wildman–Crippen LogP) is 3.39. The second-order valence-corrected chi connectivity index (χ2v) is 9.48. The third-order valence-electron chi connectivity index (χ3n) is 7.65. The SMILES string of the molecule is Cc1ccc(N2C(=O)C3C4CCCN4C4(C(=O)Nc5c4ccc(Cl)c5C)C3C2=O)cc1. The van der Waals surface area contributed by atoms with E-state index in [4.69, 9.17) is 11.6 Å². The van der Waals surface area contributed by atoms with Crippen molar-refractivity contribution in [2.45, 2.75) is 38.3 Å². The highest BCUT2D eigenvalue weighted by Crippen LogP contribution is 2.61. The van der Waals surface area contributed by atoms with Gasteiger partial charge in [0.15, 0.2) is 0 Å². The van der Waals surface area contributed by atoms with E-state index < -0.39 is 17.4 Å². The predicted molar refractivity (Wildman–Crippen MR) is 117 cm³/mol. The average molecular weight is 436 g/mol. The third-order valence-corrected chi connectivity index (χ3v) is 8.06. The van der Waals surface area contributed by atoms with Gasteiger partial charge in [0.2, 0.25) is 17.7 Å². The molecule has 3 amide bonds. The van der Waals surface area contributed by atoms with Crippen LogP contribution in [0.1, 0.15) is 29.5 Å². The van der Waals surface area contributed by atoms with Gasteiger partial charge in [0.05, 0.1) is 23.2 Å². The molecule has 4 aliphatic rings. The topological polar surface area (TPSA) is 69.7 Å². The minimum atomic E-state index is -1.16. The van der Waals surface area contributed by atoms with Crippen LogP contribution in [0.3, 0.4) is 0 Å². The van der Waals surface area contributed by atoms with Gasteiger partial charge in [0.25, 0.3) is 0 Å². The lowest BCUT2D eigenvalue weighted by Crippen LogP contribution is -2.54. The molecule has 4 aliphatic heterocycles. The number of aryl methyl sites for hydroxylation is 1. The summed E-state index contributed by atoms with van der Waals surface area (Å²) in [6.07, 6.45) is 1.70. The van der Waals surface area contributed by atoms with Gasteiger partial charge >= 0.3 is 0 Å². The van der Waals surface area contributed by atoms with Gasteiger partial charge in [0.1, 0.15) is 5.54 Å². The Bertz CT molecular complexity index is 1180. The Kier molecular flexibility index (Phi) is 3.79. The molecule has 4 unspecified atom stereocenters. The van der Waals surface area contributed by atoms with Crippen LogP contribution >= 0.6 is 11.6 Å². The van der Waals surface area contributed by atoms with E-state index in [0.717, 1.165) is 29.5 Å². The molecule has 2 aromatic rings. The Morgan fingerprint density at radius 3 is 2.52 bits per heavy atom. The standard InChI is InChI=1S/C24H22ClN3O3/c1-12-5-7-14(8-6-12)28-21(29)18-17-4-3-11-27(17)24(19(18)22(28)30)15-9-10-16(25)13(2)20(15)26-23(24)31/h5-10,17-19H,3-4,11H2,1-2H3,(H,26,31). The van der Waals surface area contributed by atoms with E-state index in [2.05, 4.69) is 10.2 Å². The fourth-order valence-corrected chi connectivity index (χ4v) is 6.50. The van der Waals surface area contributed by atoms with Crippen molar-refractivity contribution in [1.29, 1.82) is 0 Å². The first-order valence-electron chi connectivity index (χ1n) is 10.7. The molecule has 0 saturated carbocycles. The van der Waals surface area contributed by atoms with E-state index in [0.29, 0.717) is 22.9 Å². The maximum absolute atomic E-state index is 13.9. The zero-order valence-electron chi connectivity index (χ0n) is 17.3. The number of halogens is 1. The van der Waals surface area contributed by atoms with Crippen molar-refractivity contribution < 1.29 is 14.4 Å². The van der Waals surface area contributed by atoms with E-state index in [9.17, 15) is 14.4 Å². The monoisotopic (exact) mass is 435 g/mol. The highest BCUT2D eigenvalue weighted by molar-refractivity contribution is 6.32. The number of amides is 3. The van der Waals surface area contributed by atoms with Gasteiger partial charge in [0, 0.05) is 16.6 Å². The molecule has 0 aromatic heterocycles. The van der Waals surface area contributed by atoms with Crippen LogP contribution in [0, 0.1) is 25.7 Å². The third kappa shape index (κ3) is 2.14. The number of carbonyl (C=O) groups excluding carboxylic acids is 3. The molecule has 1 spiro atoms. The molecule has 2 aromatic carbocycles. The number of hydrogen-bond acceptors (Lipinski definition) is 4. The normalized spacial score (nSPS) is 31.4. The number of imide groups is 1. The molecule has 4 atom stereocenters. The smallest absolute Gasteiger partial charge is 0.250 e. The van der Waals surface area contributed by atoms with Crippen LogP contribution in [0.2, 0.25) is 5.02 Å². The summed E-state index contributed by atoms with van der Waals surface area (Å²) in [5.41, 5.74) is 2.70. The molecular weight excluding hydrogens is 414 g/mol. The first-order valence-corrected chi connectivity index (χ1v) is 11.1. The summed E-state index contributed by atoms with van der Waals surface area (Å²) in [5.74, 6) is -1.97. The lowest BCUT2D eigenvalue weighted by Gasteiger charge is -2.36. The summed E-state index contributed by atoms with van der Waals surface area (Å²) >= 11 is 6.33. The van der Waals surface area contributed by atoms with Crippen molar-refractivity contribution >= 4 is 40.7 Å². The second kappa shape index (κ2) is 6.17. The Hall–Kier alpha value is -2.70. The number of anilines is 2. The fourth-order valence-electron chi connectivity index (χ4n) is 6.34. The summed E-state index contributed by atoms with van der Waals surface area (Å²) in [6, 6.07) is 10.9. The zero-order chi connectivity index (χ0) is 21.7. The van der Waals surface area contributed by atoms with Crippen LogP contribution in [0.5, 0.6) is 0 Å². The van der Waals surface area contributed by atoms with Crippen molar-refractivity contribution in [3.05, 3.63) is 58.1 Å². The number of rotatable bonds is 1. The summed E-state index contributed by atoms with van der Waals surface area (Å²) in [7, 11) is 0. The minimum absolute atomic E-state index is 0.121. The lowest BCUT2D eigenvalue weighted by atomic mass is 9.75. The van der Waals surface area contributed by atoms with Crippen LogP contribution in [0.25, 0.3) is 0 Å². The summed E-state index contributed by atoms with van der Waals surface area (Å²) in [4.78, 5) is 44.6. The van der Waals surface area contributed by atoms with E-state index in [1.54, 1.807) is 18.2 Å². The molecule has 6 rings (SSSR count). The Morgan fingerprint density at radius 2 is 1.77 bits per heavy atom. The van der Waals surface area contributed by atoms with Crippen LogP contribution in [-0.2, 0) is 19.9 Å². The largest absolute Gasteiger partial charge is 0.324 e. The van der Waals surface area contributed by atoms with Gasteiger partial charge in [-0.15, -0.1) is 0 Å². The molecule has 0 radical (unpaired) electrons. The molecule has 3 fully saturated rings. The van der Waals surface area contributed by atoms with E-state index in [1.807, 2.05) is 32.0 Å². The molecule has 1 N–H and O–H groups in total. The summed E-state index contributed by atoms with van der Waals surface area (Å²) in [5, 5.41) is 3.58. The summed E-state index contributed by atoms with van der Waals surface area (Å²) in [6.45, 7) is 4.52. The van der Waals surface area contributed by atoms with Crippen LogP contribution < -0.4 is 10.2 Å². The van der Waals surface area contributed by atoms with Crippen molar-refractivity contribution in [3.63, 3.8) is 0 Å². The number of nitrogens with one attached hydrogen (secondary N) is 1. The molecule has 4 heterocycles. The fraction of sp³-hybridized carbons (Fsp3) is 0.375. The van der Waals surface area contributed by atoms with Crippen molar-refractivity contribution in [1.82, 2.24) is 4.90 Å². The first-order chi connectivity index (χ1) is 14.9. The van der Waals surface area contributed by atoms with Gasteiger partial charge in [-0.1, -0.05) is 35.4 Å². The van der Waals surface area contributed by atoms with Gasteiger partial charge in [-0.3, -0.25) is 19.3 Å². The minimum Gasteiger partial charge on any atom is -0.324 e. The number of nitrogens with zero attached hydrogens (tertiary/aromatic N) is 2. The number of fused-ring (bicyclic) bond motifs is 7. The van der Waals surface area contributed by atoms with E-state index in [-0.39, 0.29) is 23.8 Å². The van der Waals surface area contributed by atoms with E-state index >= 15 is 0 Å². The van der Waals surface area contributed by atoms with Crippen LogP contribution in [-0.4, -0.2) is 35.2 Å². The molecule has 7 heteroatoms. The van der Waals surface area contributed by atoms with Crippen molar-refractivity contribution in [2.24, 2.45) is 11.8 Å². The molecular formula is C24H22ClN3O3. The number of carbonyl (C=O) groups is 3. The molecule has 31 heavy (non-hydrogen) atoms. The zero-order valence-corrected chi connectivity index (χ0v) is 18.1. The average Bonchev–Trinajstić information content (AvgIpc) is 3.45. The second-order valence-electron chi connectivity index (χ2n) is 9.07. The maximum atomic E-state index is 13.9. The number of hydrogen-bond donors (Lipinski definition) is 1. The Balaban J connectivity index is 1.56. The maximum Gasteiger partial charge on any atom is 0.250 e. The highest BCUT2D eigenvalue weighted by Gasteiger charge is 2.74. The molecule has 0 aliphatic carbocycles. The van der Waals surface area contributed by atoms with Crippen LogP contribution in [0.4, 0.5) is 11.4 Å². The lowest BCUT2D eigenvalue weighted by molar-refractivity contribution is -0.135. The Morgan fingerprint density at radius 1 is 1.03 bits per heavy atom. The summed E-state index contributed by atoms with van der Waals surface area (Å²) < 4.78 is 0. The van der Waals surface area contributed by atoms with Gasteiger partial charge < -0.3 is 5.32 Å². The van der Waals surface area contributed by atoms with Crippen molar-refractivity contribution in [3.8, 4) is 0 Å². The first kappa shape index (κ1) is 19.0. The van der Waals surface area contributed by atoms with E-state index in [1.165, 1.54) is 4.90 Å².